The summed E-state index contributed by atoms with van der Waals surface area (Å²) in [5, 5.41) is 0. The van der Waals surface area contributed by atoms with Crippen molar-refractivity contribution in [3.05, 3.63) is 59.7 Å². The topological polar surface area (TPSA) is 35.5 Å². The molecule has 0 atom stereocenters. The fourth-order valence-corrected chi connectivity index (χ4v) is 1.82. The van der Waals surface area contributed by atoms with Crippen molar-refractivity contribution in [3.63, 3.8) is 0 Å². The third-order valence-corrected chi connectivity index (χ3v) is 2.98. The molecule has 0 aliphatic heterocycles. The Labute approximate surface area is 119 Å². The van der Waals surface area contributed by atoms with Gasteiger partial charge in [0.15, 0.2) is 6.61 Å². The molecule has 0 aliphatic carbocycles. The van der Waals surface area contributed by atoms with Crippen molar-refractivity contribution in [1.29, 1.82) is 0 Å². The van der Waals surface area contributed by atoms with E-state index >= 15 is 0 Å². The van der Waals surface area contributed by atoms with Crippen LogP contribution in [0.25, 0.3) is 0 Å². The second-order valence-corrected chi connectivity index (χ2v) is 4.53. The van der Waals surface area contributed by atoms with Crippen molar-refractivity contribution in [2.45, 2.75) is 20.3 Å². The van der Waals surface area contributed by atoms with Crippen LogP contribution in [0.5, 0.6) is 11.5 Å². The molecular weight excluding hydrogens is 252 g/mol. The summed E-state index contributed by atoms with van der Waals surface area (Å²) in [6, 6.07) is 15.1. The Kier molecular flexibility index (Phi) is 4.77. The third kappa shape index (κ3) is 3.85. The van der Waals surface area contributed by atoms with Gasteiger partial charge in [0, 0.05) is 0 Å². The van der Waals surface area contributed by atoms with Crippen molar-refractivity contribution in [2.75, 3.05) is 6.61 Å². The van der Waals surface area contributed by atoms with Crippen molar-refractivity contribution in [2.24, 2.45) is 0 Å². The van der Waals surface area contributed by atoms with Gasteiger partial charge < -0.3 is 9.47 Å². The molecule has 0 amide bonds. The lowest BCUT2D eigenvalue weighted by atomic mass is 10.2. The first kappa shape index (κ1) is 14.1. The Balaban J connectivity index is 1.90. The van der Waals surface area contributed by atoms with Crippen molar-refractivity contribution < 1.29 is 14.3 Å². The van der Waals surface area contributed by atoms with Gasteiger partial charge in [-0.15, -0.1) is 0 Å². The van der Waals surface area contributed by atoms with Gasteiger partial charge in [-0.2, -0.15) is 0 Å². The van der Waals surface area contributed by atoms with Gasteiger partial charge in [0.2, 0.25) is 0 Å². The first-order valence-electron chi connectivity index (χ1n) is 6.67. The van der Waals surface area contributed by atoms with E-state index < -0.39 is 5.97 Å². The molecule has 3 heteroatoms. The van der Waals surface area contributed by atoms with E-state index in [9.17, 15) is 4.79 Å². The Morgan fingerprint density at radius 3 is 2.65 bits per heavy atom. The maximum Gasteiger partial charge on any atom is 0.349 e. The van der Waals surface area contributed by atoms with Gasteiger partial charge in [0.25, 0.3) is 0 Å². The zero-order chi connectivity index (χ0) is 14.4. The normalized spacial score (nSPS) is 10.1. The summed E-state index contributed by atoms with van der Waals surface area (Å²) in [6.45, 7) is 3.88. The van der Waals surface area contributed by atoms with Crippen LogP contribution in [0, 0.1) is 6.92 Å². The molecule has 0 unspecified atom stereocenters. The molecule has 0 saturated carbocycles. The molecule has 3 nitrogen and oxygen atoms in total. The van der Waals surface area contributed by atoms with Crippen LogP contribution in [-0.2, 0) is 11.2 Å². The van der Waals surface area contributed by atoms with Crippen LogP contribution in [0.4, 0.5) is 0 Å². The van der Waals surface area contributed by atoms with E-state index in [0.29, 0.717) is 11.5 Å². The lowest BCUT2D eigenvalue weighted by Crippen LogP contribution is -2.18. The van der Waals surface area contributed by atoms with Gasteiger partial charge in [-0.1, -0.05) is 37.3 Å². The number of rotatable bonds is 5. The van der Waals surface area contributed by atoms with Crippen LogP contribution in [0.2, 0.25) is 0 Å². The van der Waals surface area contributed by atoms with Crippen LogP contribution in [0.1, 0.15) is 18.1 Å². The number of carbonyl (C=O) groups is 1. The molecule has 0 fully saturated rings. The predicted molar refractivity (Wildman–Crippen MR) is 78.1 cm³/mol. The quantitative estimate of drug-likeness (QED) is 0.615. The zero-order valence-corrected chi connectivity index (χ0v) is 11.8. The van der Waals surface area contributed by atoms with Gasteiger partial charge in [0.05, 0.1) is 0 Å². The number of hydrogen-bond donors (Lipinski definition) is 0. The molecule has 104 valence electrons. The Morgan fingerprint density at radius 1 is 1.10 bits per heavy atom. The minimum atomic E-state index is -0.402. The molecule has 20 heavy (non-hydrogen) atoms. The fourth-order valence-electron chi connectivity index (χ4n) is 1.82. The van der Waals surface area contributed by atoms with Crippen molar-refractivity contribution in [1.82, 2.24) is 0 Å². The average molecular weight is 270 g/mol. The number of para-hydroxylation sites is 1. The summed E-state index contributed by atoms with van der Waals surface area (Å²) < 4.78 is 10.7. The van der Waals surface area contributed by atoms with Crippen LogP contribution >= 0.6 is 0 Å². The second kappa shape index (κ2) is 6.75. The van der Waals surface area contributed by atoms with E-state index in [2.05, 4.69) is 6.92 Å². The molecule has 2 rings (SSSR count). The highest BCUT2D eigenvalue weighted by atomic mass is 16.6. The summed E-state index contributed by atoms with van der Waals surface area (Å²) >= 11 is 0. The van der Waals surface area contributed by atoms with Crippen LogP contribution in [0.3, 0.4) is 0 Å². The molecular formula is C17H18O3. The molecule has 0 radical (unpaired) electrons. The van der Waals surface area contributed by atoms with E-state index in [1.807, 2.05) is 49.4 Å². The molecule has 0 aliphatic rings. The Bertz CT molecular complexity index is 590. The van der Waals surface area contributed by atoms with Gasteiger partial charge >= 0.3 is 5.97 Å². The number of ether oxygens (including phenoxy) is 2. The lowest BCUT2D eigenvalue weighted by Gasteiger charge is -2.09. The first-order chi connectivity index (χ1) is 9.69. The Hall–Kier alpha value is -2.29. The highest BCUT2D eigenvalue weighted by Gasteiger charge is 2.08. The van der Waals surface area contributed by atoms with Crippen molar-refractivity contribution in [3.8, 4) is 11.5 Å². The Morgan fingerprint density at radius 2 is 1.90 bits per heavy atom. The maximum absolute atomic E-state index is 11.7. The molecule has 0 bridgehead atoms. The van der Waals surface area contributed by atoms with Crippen LogP contribution in [-0.4, -0.2) is 12.6 Å². The molecule has 0 spiro atoms. The minimum Gasteiger partial charge on any atom is -0.482 e. The summed E-state index contributed by atoms with van der Waals surface area (Å²) in [6.07, 6.45) is 0.935. The fraction of sp³-hybridized carbons (Fsp3) is 0.235. The molecule has 0 saturated heterocycles. The van der Waals surface area contributed by atoms with Gasteiger partial charge in [-0.05, 0) is 42.7 Å². The lowest BCUT2D eigenvalue weighted by molar-refractivity contribution is -0.136. The maximum atomic E-state index is 11.7. The summed E-state index contributed by atoms with van der Waals surface area (Å²) in [5.74, 6) is 0.857. The van der Waals surface area contributed by atoms with E-state index in [4.69, 9.17) is 9.47 Å². The minimum absolute atomic E-state index is 0.0957. The van der Waals surface area contributed by atoms with E-state index in [0.717, 1.165) is 12.0 Å². The highest BCUT2D eigenvalue weighted by Crippen LogP contribution is 2.17. The summed E-state index contributed by atoms with van der Waals surface area (Å²) in [5.41, 5.74) is 2.10. The monoisotopic (exact) mass is 270 g/mol. The highest BCUT2D eigenvalue weighted by molar-refractivity contribution is 5.74. The molecule has 2 aromatic rings. The van der Waals surface area contributed by atoms with E-state index in [-0.39, 0.29) is 6.61 Å². The zero-order valence-electron chi connectivity index (χ0n) is 11.8. The first-order valence-corrected chi connectivity index (χ1v) is 6.67. The number of hydrogen-bond acceptors (Lipinski definition) is 3. The van der Waals surface area contributed by atoms with Crippen LogP contribution in [0.15, 0.2) is 48.5 Å². The average Bonchev–Trinajstić information content (AvgIpc) is 2.48. The van der Waals surface area contributed by atoms with Crippen molar-refractivity contribution >= 4 is 5.97 Å². The number of aryl methyl sites for hydroxylation is 2. The van der Waals surface area contributed by atoms with E-state index in [1.165, 1.54) is 5.56 Å². The third-order valence-electron chi connectivity index (χ3n) is 2.98. The molecule has 0 heterocycles. The molecule has 0 aromatic heterocycles. The largest absolute Gasteiger partial charge is 0.482 e. The van der Waals surface area contributed by atoms with Gasteiger partial charge in [-0.3, -0.25) is 0 Å². The van der Waals surface area contributed by atoms with Crippen LogP contribution < -0.4 is 9.47 Å². The van der Waals surface area contributed by atoms with Gasteiger partial charge in [0.1, 0.15) is 11.5 Å². The number of esters is 1. The number of benzene rings is 2. The van der Waals surface area contributed by atoms with Gasteiger partial charge in [-0.25, -0.2) is 4.79 Å². The molecule has 0 N–H and O–H groups in total. The summed E-state index contributed by atoms with van der Waals surface area (Å²) in [7, 11) is 0. The smallest absolute Gasteiger partial charge is 0.349 e. The second-order valence-electron chi connectivity index (χ2n) is 4.53. The standard InChI is InChI=1S/C17H18O3/c1-3-14-8-6-9-15(11-14)19-12-17(18)20-16-10-5-4-7-13(16)2/h4-11H,3,12H2,1-2H3. The predicted octanol–water partition coefficient (Wildman–Crippen LogP) is 3.54. The SMILES string of the molecule is CCc1cccc(OCC(=O)Oc2ccccc2C)c1. The molecule has 2 aromatic carbocycles. The summed E-state index contributed by atoms with van der Waals surface area (Å²) in [4.78, 5) is 11.7. The number of carbonyl (C=O) groups excluding carboxylic acids is 1. The van der Waals surface area contributed by atoms with E-state index in [1.54, 1.807) is 6.07 Å².